The van der Waals surface area contributed by atoms with Gasteiger partial charge < -0.3 is 14.4 Å². The van der Waals surface area contributed by atoms with E-state index in [2.05, 4.69) is 22.1 Å². The molecule has 4 nitrogen and oxygen atoms in total. The molecule has 0 fully saturated rings. The van der Waals surface area contributed by atoms with E-state index in [9.17, 15) is 0 Å². The molecule has 257 valence electrons. The van der Waals surface area contributed by atoms with Crippen molar-refractivity contribution in [3.8, 4) is 33.8 Å². The molecule has 0 bridgehead atoms. The van der Waals surface area contributed by atoms with Crippen molar-refractivity contribution in [2.45, 2.75) is 79.4 Å². The van der Waals surface area contributed by atoms with Crippen molar-refractivity contribution >= 4 is 22.1 Å². The van der Waals surface area contributed by atoms with E-state index in [4.69, 9.17) is 20.4 Å². The van der Waals surface area contributed by atoms with Crippen LogP contribution >= 0.6 is 0 Å². The molecule has 0 saturated heterocycles. The van der Waals surface area contributed by atoms with Crippen LogP contribution in [0.3, 0.4) is 0 Å². The Labute approximate surface area is 322 Å². The Morgan fingerprint density at radius 1 is 0.740 bits per heavy atom. The molecular weight excluding hydrogens is 791 g/mol. The van der Waals surface area contributed by atoms with Crippen molar-refractivity contribution in [2.24, 2.45) is 0 Å². The van der Waals surface area contributed by atoms with Gasteiger partial charge in [0.15, 0.2) is 0 Å². The number of rotatable bonds is 5. The first-order chi connectivity index (χ1) is 26.4. The van der Waals surface area contributed by atoms with Crippen LogP contribution in [0.4, 0.5) is 0 Å². The van der Waals surface area contributed by atoms with Crippen LogP contribution in [0.2, 0.25) is 0 Å². The smallest absolute Gasteiger partial charge is 0.216 e. The summed E-state index contributed by atoms with van der Waals surface area (Å²) in [6, 6.07) is 31.9. The van der Waals surface area contributed by atoms with Crippen molar-refractivity contribution in [3.63, 3.8) is 0 Å². The number of hydrogen-bond acceptors (Lipinski definition) is 4. The fourth-order valence-electron chi connectivity index (χ4n) is 5.91. The molecule has 50 heavy (non-hydrogen) atoms. The summed E-state index contributed by atoms with van der Waals surface area (Å²) in [6.07, 6.45) is 3.04. The number of aromatic nitrogens is 3. The molecule has 4 aromatic heterocycles. The van der Waals surface area contributed by atoms with Crippen molar-refractivity contribution in [3.05, 3.63) is 137 Å². The molecule has 0 unspecified atom stereocenters. The summed E-state index contributed by atoms with van der Waals surface area (Å²) in [5.74, 6) is -1.82. The zero-order chi connectivity index (χ0) is 41.7. The molecule has 7 rings (SSSR count). The molecule has 0 atom stereocenters. The predicted octanol–water partition coefficient (Wildman–Crippen LogP) is 12.2. The molecule has 0 aliphatic carbocycles. The van der Waals surface area contributed by atoms with Gasteiger partial charge in [-0.15, -0.1) is 54.1 Å². The summed E-state index contributed by atoms with van der Waals surface area (Å²) in [7, 11) is 0. The van der Waals surface area contributed by atoms with Crippen LogP contribution < -0.4 is 0 Å². The summed E-state index contributed by atoms with van der Waals surface area (Å²) in [4.78, 5) is 13.7. The van der Waals surface area contributed by atoms with E-state index in [1.54, 1.807) is 36.5 Å². The SMILES string of the molecule is [2H]C([2H])([2H])c1cc(-c2[c-]ccc3c2oc2nc(-c4c(C([2H])(C)C)cccc4C([2H])(C)C)ccc23)ncc1C(C)(C)C.[2H]C([2H])([2H])c1ccc(-c2[c-]cccc2)nc1.[Ir]. The maximum absolute atomic E-state index is 8.79. The van der Waals surface area contributed by atoms with Gasteiger partial charge in [0.05, 0.1) is 11.3 Å². The van der Waals surface area contributed by atoms with E-state index in [-0.39, 0.29) is 36.6 Å². The van der Waals surface area contributed by atoms with Gasteiger partial charge in [0.1, 0.15) is 0 Å². The number of nitrogens with zero attached hydrogens (tertiary/aromatic N) is 3. The molecule has 3 aromatic carbocycles. The first kappa shape index (κ1) is 27.3. The van der Waals surface area contributed by atoms with Crippen LogP contribution in [0, 0.1) is 25.8 Å². The van der Waals surface area contributed by atoms with Gasteiger partial charge in [-0.05, 0) is 76.7 Å². The molecule has 1 radical (unpaired) electrons. The van der Waals surface area contributed by atoms with Gasteiger partial charge in [-0.25, -0.2) is 4.98 Å². The standard InChI is InChI=1S/C33H35N2O.C12H10N.Ir/c1-19(2)22-11-9-12-23(20(3)4)30(22)28-16-15-25-24-13-10-14-26(31(24)36-32(25)35-28)29-17-21(5)27(18-34-29)33(6,7)8;1-10-7-8-12(13-9-10)11-5-3-2-4-6-11;/h9-13,15-20H,1-8H3;2-5,7-9H,1H3;/q2*-1;/i5D3,19D,20D;1D3;. The third kappa shape index (κ3) is 7.65. The maximum Gasteiger partial charge on any atom is 0.216 e. The second kappa shape index (κ2) is 15.2. The molecule has 0 spiro atoms. The average molecular weight is 844 g/mol. The van der Waals surface area contributed by atoms with Gasteiger partial charge in [-0.2, -0.15) is 0 Å². The van der Waals surface area contributed by atoms with Crippen molar-refractivity contribution < 1.29 is 35.5 Å². The van der Waals surface area contributed by atoms with Crippen LogP contribution in [0.25, 0.3) is 55.8 Å². The Bertz CT molecular complexity index is 2510. The summed E-state index contributed by atoms with van der Waals surface area (Å²) in [6.45, 7) is 8.86. The van der Waals surface area contributed by atoms with E-state index in [1.165, 1.54) is 6.20 Å². The van der Waals surface area contributed by atoms with Crippen molar-refractivity contribution in [1.29, 1.82) is 0 Å². The fourth-order valence-corrected chi connectivity index (χ4v) is 5.91. The molecular formula is C45H45IrN3O-2. The van der Waals surface area contributed by atoms with Crippen LogP contribution in [0.5, 0.6) is 0 Å². The monoisotopic (exact) mass is 844 g/mol. The Morgan fingerprint density at radius 3 is 2.10 bits per heavy atom. The predicted molar refractivity (Wildman–Crippen MR) is 204 cm³/mol. The Kier molecular flexibility index (Phi) is 8.31. The number of furan rings is 1. The second-order valence-electron chi connectivity index (χ2n) is 13.5. The molecule has 0 saturated carbocycles. The minimum atomic E-state index is -2.30. The van der Waals surface area contributed by atoms with E-state index >= 15 is 0 Å². The molecule has 7 aromatic rings. The summed E-state index contributed by atoms with van der Waals surface area (Å²) >= 11 is 0. The minimum absolute atomic E-state index is 0. The zero-order valence-electron chi connectivity index (χ0n) is 37.3. The first-order valence-corrected chi connectivity index (χ1v) is 16.3. The summed E-state index contributed by atoms with van der Waals surface area (Å²) in [5.41, 5.74) is 7.32. The Balaban J connectivity index is 0.000000315. The van der Waals surface area contributed by atoms with Crippen LogP contribution in [0.1, 0.15) is 99.0 Å². The largest absolute Gasteiger partial charge is 0.486 e. The van der Waals surface area contributed by atoms with Gasteiger partial charge in [-0.3, -0.25) is 0 Å². The molecule has 0 aliphatic rings. The third-order valence-corrected chi connectivity index (χ3v) is 8.41. The molecule has 0 N–H and O–H groups in total. The van der Waals surface area contributed by atoms with Crippen LogP contribution in [0.15, 0.2) is 102 Å². The summed E-state index contributed by atoms with van der Waals surface area (Å²) in [5, 5.41) is 1.62. The van der Waals surface area contributed by atoms with Gasteiger partial charge in [-0.1, -0.05) is 101 Å². The minimum Gasteiger partial charge on any atom is -0.486 e. The topological polar surface area (TPSA) is 51.8 Å². The number of aryl methyl sites for hydroxylation is 2. The number of hydrogen-bond donors (Lipinski definition) is 0. The number of pyridine rings is 3. The summed E-state index contributed by atoms with van der Waals surface area (Å²) < 4.78 is 70.1. The Morgan fingerprint density at radius 2 is 1.48 bits per heavy atom. The van der Waals surface area contributed by atoms with Gasteiger partial charge in [0.25, 0.3) is 0 Å². The Hall–Kier alpha value is -4.44. The van der Waals surface area contributed by atoms with Gasteiger partial charge in [0, 0.05) is 54.4 Å². The van der Waals surface area contributed by atoms with Gasteiger partial charge in [0.2, 0.25) is 5.71 Å². The third-order valence-electron chi connectivity index (χ3n) is 8.41. The first-order valence-electron chi connectivity index (χ1n) is 20.3. The van der Waals surface area contributed by atoms with E-state index < -0.39 is 25.5 Å². The molecule has 4 heterocycles. The number of fused-ring (bicyclic) bond motifs is 3. The second-order valence-corrected chi connectivity index (χ2v) is 13.5. The van der Waals surface area contributed by atoms with Gasteiger partial charge >= 0.3 is 0 Å². The van der Waals surface area contributed by atoms with Crippen molar-refractivity contribution in [1.82, 2.24) is 15.0 Å². The molecule has 0 amide bonds. The van der Waals surface area contributed by atoms with E-state index in [1.807, 2.05) is 103 Å². The quantitative estimate of drug-likeness (QED) is 0.162. The normalized spacial score (nSPS) is 14.8. The van der Waals surface area contributed by atoms with E-state index in [0.717, 1.165) is 38.7 Å². The van der Waals surface area contributed by atoms with Crippen molar-refractivity contribution in [2.75, 3.05) is 0 Å². The molecule has 5 heteroatoms. The maximum atomic E-state index is 8.79. The average Bonchev–Trinajstić information content (AvgIpc) is 3.51. The fraction of sp³-hybridized carbons (Fsp3) is 0.267. The van der Waals surface area contributed by atoms with Crippen LogP contribution in [-0.4, -0.2) is 15.0 Å². The molecule has 0 aliphatic heterocycles. The van der Waals surface area contributed by atoms with E-state index in [0.29, 0.717) is 33.8 Å². The van der Waals surface area contributed by atoms with Crippen LogP contribution in [-0.2, 0) is 25.5 Å². The number of benzene rings is 3. The zero-order valence-corrected chi connectivity index (χ0v) is 31.7.